The molecule has 39 heavy (non-hydrogen) atoms. The number of aldehydes is 1. The van der Waals surface area contributed by atoms with Crippen LogP contribution in [0, 0.1) is 11.3 Å². The molecule has 204 valence electrons. The lowest BCUT2D eigenvalue weighted by molar-refractivity contribution is -0.140. The number of anilines is 3. The maximum atomic E-state index is 13.3. The number of urea groups is 1. The van der Waals surface area contributed by atoms with E-state index in [-0.39, 0.29) is 23.5 Å². The number of fused-ring (bicyclic) bond motifs is 2. The van der Waals surface area contributed by atoms with Crippen molar-refractivity contribution in [3.05, 3.63) is 40.7 Å². The molecule has 5 heterocycles. The Kier molecular flexibility index (Phi) is 7.99. The summed E-state index contributed by atoms with van der Waals surface area (Å²) in [6.07, 6.45) is 5.44. The number of hydrogen-bond donors (Lipinski definition) is 2. The Hall–Kier alpha value is -4.08. The molecule has 2 saturated heterocycles. The van der Waals surface area contributed by atoms with Crippen molar-refractivity contribution in [3.63, 3.8) is 0 Å². The molecule has 0 aromatic carbocycles. The number of nitrogens with zero attached hydrogens (tertiary/aromatic N) is 6. The number of hydrogen-bond acceptors (Lipinski definition) is 9. The van der Waals surface area contributed by atoms with Crippen LogP contribution in [0.25, 0.3) is 0 Å². The number of aromatic nitrogens is 2. The van der Waals surface area contributed by atoms with Crippen LogP contribution in [0.15, 0.2) is 18.3 Å². The van der Waals surface area contributed by atoms with Crippen LogP contribution in [0.4, 0.5) is 22.1 Å². The van der Waals surface area contributed by atoms with E-state index < -0.39 is 6.03 Å². The highest BCUT2D eigenvalue weighted by Crippen LogP contribution is 2.30. The predicted octanol–water partition coefficient (Wildman–Crippen LogP) is 2.01. The van der Waals surface area contributed by atoms with Crippen molar-refractivity contribution in [1.29, 1.82) is 5.26 Å². The number of carbonyl (C=O) groups is 3. The second-order valence-corrected chi connectivity index (χ2v) is 9.92. The number of piperazine rings is 1. The van der Waals surface area contributed by atoms with Crippen molar-refractivity contribution in [1.82, 2.24) is 19.8 Å². The van der Waals surface area contributed by atoms with Gasteiger partial charge in [0, 0.05) is 57.7 Å². The van der Waals surface area contributed by atoms with E-state index in [1.54, 1.807) is 13.2 Å². The first-order valence-electron chi connectivity index (χ1n) is 13.2. The molecule has 3 aliphatic rings. The molecular weight excluding hydrogens is 500 g/mol. The van der Waals surface area contributed by atoms with Crippen molar-refractivity contribution in [2.45, 2.75) is 38.3 Å². The second-order valence-electron chi connectivity index (χ2n) is 9.92. The van der Waals surface area contributed by atoms with Gasteiger partial charge in [0.2, 0.25) is 5.91 Å². The maximum Gasteiger partial charge on any atom is 0.328 e. The average molecular weight is 533 g/mol. The quantitative estimate of drug-likeness (QED) is 0.385. The van der Waals surface area contributed by atoms with Crippen LogP contribution in [0.2, 0.25) is 0 Å². The third-order valence-electron chi connectivity index (χ3n) is 7.49. The zero-order chi connectivity index (χ0) is 27.4. The number of methoxy groups -OCH3 is 1. The van der Waals surface area contributed by atoms with Crippen LogP contribution in [0.3, 0.4) is 0 Å². The number of nitriles is 1. The molecule has 2 aromatic heterocycles. The molecule has 1 atom stereocenters. The Morgan fingerprint density at radius 2 is 2.13 bits per heavy atom. The van der Waals surface area contributed by atoms with Crippen LogP contribution < -0.4 is 15.5 Å². The molecule has 0 radical (unpaired) electrons. The first-order valence-corrected chi connectivity index (χ1v) is 13.2. The molecule has 2 fully saturated rings. The Balaban J connectivity index is 1.33. The molecule has 3 amide bonds. The minimum atomic E-state index is -0.430. The third-order valence-corrected chi connectivity index (χ3v) is 7.49. The largest absolute Gasteiger partial charge is 0.383 e. The molecule has 0 aliphatic carbocycles. The lowest BCUT2D eigenvalue weighted by Gasteiger charge is -2.37. The highest BCUT2D eigenvalue weighted by atomic mass is 16.5. The van der Waals surface area contributed by atoms with E-state index in [4.69, 9.17) is 4.74 Å². The highest BCUT2D eigenvalue weighted by Gasteiger charge is 2.38. The van der Waals surface area contributed by atoms with Crippen LogP contribution >= 0.6 is 0 Å². The number of aryl methyl sites for hydroxylation is 1. The minimum absolute atomic E-state index is 0.0604. The summed E-state index contributed by atoms with van der Waals surface area (Å²) in [5, 5.41) is 15.3. The van der Waals surface area contributed by atoms with E-state index in [2.05, 4.69) is 31.6 Å². The molecule has 2 N–H and O–H groups in total. The minimum Gasteiger partial charge on any atom is -0.383 e. The van der Waals surface area contributed by atoms with Gasteiger partial charge in [-0.1, -0.05) is 0 Å². The third kappa shape index (κ3) is 5.55. The van der Waals surface area contributed by atoms with Gasteiger partial charge in [0.1, 0.15) is 23.4 Å². The second kappa shape index (κ2) is 11.8. The Labute approximate surface area is 226 Å². The van der Waals surface area contributed by atoms with Gasteiger partial charge in [-0.25, -0.2) is 14.8 Å². The zero-order valence-electron chi connectivity index (χ0n) is 22.0. The van der Waals surface area contributed by atoms with Crippen molar-refractivity contribution < 1.29 is 19.1 Å². The lowest BCUT2D eigenvalue weighted by atomic mass is 10.0. The number of nitrogens with one attached hydrogen (secondary N) is 2. The zero-order valence-corrected chi connectivity index (χ0v) is 22.0. The van der Waals surface area contributed by atoms with Crippen LogP contribution in [0.5, 0.6) is 0 Å². The van der Waals surface area contributed by atoms with Gasteiger partial charge in [-0.05, 0) is 43.9 Å². The number of ether oxygens (including phenoxy) is 1. The molecular formula is C27H32N8O4. The van der Waals surface area contributed by atoms with Crippen molar-refractivity contribution in [3.8, 4) is 6.07 Å². The summed E-state index contributed by atoms with van der Waals surface area (Å²) in [7, 11) is 1.59. The van der Waals surface area contributed by atoms with Gasteiger partial charge in [-0.15, -0.1) is 0 Å². The monoisotopic (exact) mass is 532 g/mol. The fourth-order valence-corrected chi connectivity index (χ4v) is 5.51. The first kappa shape index (κ1) is 26.5. The van der Waals surface area contributed by atoms with Crippen molar-refractivity contribution in [2.75, 3.05) is 62.0 Å². The Bertz CT molecular complexity index is 1310. The van der Waals surface area contributed by atoms with Gasteiger partial charge in [0.15, 0.2) is 6.29 Å². The van der Waals surface area contributed by atoms with Gasteiger partial charge in [-0.3, -0.25) is 24.7 Å². The topological polar surface area (TPSA) is 144 Å². The summed E-state index contributed by atoms with van der Waals surface area (Å²) >= 11 is 0. The van der Waals surface area contributed by atoms with Gasteiger partial charge < -0.3 is 15.0 Å². The number of amides is 3. The predicted molar refractivity (Wildman–Crippen MR) is 144 cm³/mol. The van der Waals surface area contributed by atoms with E-state index in [1.165, 1.54) is 11.1 Å². The van der Waals surface area contributed by atoms with Gasteiger partial charge in [0.05, 0.1) is 23.9 Å². The average Bonchev–Trinajstić information content (AvgIpc) is 3.44. The summed E-state index contributed by atoms with van der Waals surface area (Å²) in [6, 6.07) is 5.11. The van der Waals surface area contributed by atoms with Crippen LogP contribution in [-0.4, -0.2) is 90.5 Å². The number of carbonyl (C=O) groups excluding carboxylic acids is 3. The van der Waals surface area contributed by atoms with Crippen molar-refractivity contribution in [2.24, 2.45) is 0 Å². The molecule has 0 bridgehead atoms. The SMILES string of the molecule is COCCNc1cc(NC(=O)N2CCCc3cc(CN4CCN5CCCC5C4=O)c(C=O)nc32)ncc1C#N. The lowest BCUT2D eigenvalue weighted by Crippen LogP contribution is -2.53. The molecule has 1 unspecified atom stereocenters. The number of rotatable bonds is 8. The van der Waals surface area contributed by atoms with Crippen molar-refractivity contribution >= 4 is 35.5 Å². The van der Waals surface area contributed by atoms with E-state index in [0.717, 1.165) is 37.9 Å². The summed E-state index contributed by atoms with van der Waals surface area (Å²) in [5.74, 6) is 0.826. The van der Waals surface area contributed by atoms with E-state index in [0.29, 0.717) is 68.1 Å². The van der Waals surface area contributed by atoms with Gasteiger partial charge in [0.25, 0.3) is 0 Å². The van der Waals surface area contributed by atoms with Crippen LogP contribution in [-0.2, 0) is 22.5 Å². The fraction of sp³-hybridized carbons (Fsp3) is 0.481. The summed E-state index contributed by atoms with van der Waals surface area (Å²) < 4.78 is 5.05. The highest BCUT2D eigenvalue weighted by molar-refractivity contribution is 6.02. The smallest absolute Gasteiger partial charge is 0.328 e. The summed E-state index contributed by atoms with van der Waals surface area (Å²) in [5.41, 5.74) is 2.68. The fourth-order valence-electron chi connectivity index (χ4n) is 5.51. The van der Waals surface area contributed by atoms with E-state index >= 15 is 0 Å². The van der Waals surface area contributed by atoms with Gasteiger partial charge >= 0.3 is 6.03 Å². The molecule has 0 spiro atoms. The molecule has 2 aromatic rings. The van der Waals surface area contributed by atoms with Gasteiger partial charge in [-0.2, -0.15) is 5.26 Å². The Morgan fingerprint density at radius 1 is 1.26 bits per heavy atom. The van der Waals surface area contributed by atoms with E-state index in [9.17, 15) is 19.6 Å². The molecule has 3 aliphatic heterocycles. The molecule has 12 heteroatoms. The molecule has 12 nitrogen and oxygen atoms in total. The Morgan fingerprint density at radius 3 is 2.92 bits per heavy atom. The summed E-state index contributed by atoms with van der Waals surface area (Å²) in [4.78, 5) is 52.7. The number of pyridine rings is 2. The molecule has 0 saturated carbocycles. The first-order chi connectivity index (χ1) is 19.0. The van der Waals surface area contributed by atoms with Crippen LogP contribution in [0.1, 0.15) is 46.4 Å². The molecule has 5 rings (SSSR count). The normalized spacial score (nSPS) is 18.8. The maximum absolute atomic E-state index is 13.3. The summed E-state index contributed by atoms with van der Waals surface area (Å²) in [6.45, 7) is 4.14. The standard InChI is InChI=1S/C27H32N8O4/c1-39-11-6-29-21-13-24(30-15-20(21)14-28)32-27(38)35-8-2-4-18-12-19(22(17-36)31-25(18)35)16-34-10-9-33-7-3-5-23(33)26(34)37/h12-13,15,17,23H,2-11,16H2,1H3,(H2,29,30,32,38). The van der Waals surface area contributed by atoms with E-state index in [1.807, 2.05) is 11.0 Å².